The molecular formula is C25H26N2O4. The number of nitriles is 1. The molecule has 160 valence electrons. The molecular weight excluding hydrogens is 392 g/mol. The number of carbonyl (C=O) groups excluding carboxylic acids is 2. The van der Waals surface area contributed by atoms with Crippen LogP contribution in [0.15, 0.2) is 59.8 Å². The van der Waals surface area contributed by atoms with Gasteiger partial charge in [-0.3, -0.25) is 4.79 Å². The second kappa shape index (κ2) is 9.48. The number of methoxy groups -OCH3 is 1. The van der Waals surface area contributed by atoms with E-state index in [-0.39, 0.29) is 25.0 Å². The van der Waals surface area contributed by atoms with Crippen molar-refractivity contribution in [2.45, 2.75) is 45.8 Å². The van der Waals surface area contributed by atoms with Crippen molar-refractivity contribution >= 4 is 11.9 Å². The number of hydrogen-bond acceptors (Lipinski definition) is 5. The van der Waals surface area contributed by atoms with E-state index in [4.69, 9.17) is 14.7 Å². The number of para-hydroxylation sites is 1. The molecule has 0 radical (unpaired) electrons. The molecule has 1 aliphatic rings. The molecule has 0 saturated carbocycles. The van der Waals surface area contributed by atoms with Crippen molar-refractivity contribution in [2.75, 3.05) is 7.11 Å². The van der Waals surface area contributed by atoms with Gasteiger partial charge in [-0.2, -0.15) is 5.26 Å². The average molecular weight is 418 g/mol. The highest BCUT2D eigenvalue weighted by Gasteiger charge is 2.38. The maximum atomic E-state index is 13.2. The van der Waals surface area contributed by atoms with Crippen LogP contribution >= 0.6 is 0 Å². The molecule has 2 aromatic carbocycles. The first-order valence-electron chi connectivity index (χ1n) is 10.2. The van der Waals surface area contributed by atoms with Crippen LogP contribution in [0.25, 0.3) is 0 Å². The molecule has 1 aliphatic heterocycles. The lowest BCUT2D eigenvalue weighted by Crippen LogP contribution is -2.38. The normalized spacial score (nSPS) is 16.3. The van der Waals surface area contributed by atoms with E-state index in [2.05, 4.69) is 6.07 Å². The van der Waals surface area contributed by atoms with Crippen LogP contribution in [0.4, 0.5) is 0 Å². The molecule has 2 aromatic rings. The minimum Gasteiger partial charge on any atom is -0.496 e. The molecule has 1 heterocycles. The van der Waals surface area contributed by atoms with Crippen molar-refractivity contribution in [3.8, 4) is 11.8 Å². The highest BCUT2D eigenvalue weighted by atomic mass is 16.5. The third-order valence-corrected chi connectivity index (χ3v) is 5.30. The number of rotatable bonds is 6. The SMILES string of the molecule is COc1ccccc1C1CC(=O)N(Cc2cccc(C#N)c2)C(C)=C1C(=O)OC(C)C. The highest BCUT2D eigenvalue weighted by molar-refractivity contribution is 5.96. The molecule has 31 heavy (non-hydrogen) atoms. The van der Waals surface area contributed by atoms with E-state index in [0.717, 1.165) is 11.1 Å². The Labute approximate surface area is 182 Å². The van der Waals surface area contributed by atoms with Gasteiger partial charge < -0.3 is 14.4 Å². The number of benzene rings is 2. The van der Waals surface area contributed by atoms with E-state index in [0.29, 0.717) is 22.6 Å². The van der Waals surface area contributed by atoms with Crippen molar-refractivity contribution < 1.29 is 19.1 Å². The van der Waals surface area contributed by atoms with Crippen LogP contribution in [0, 0.1) is 11.3 Å². The van der Waals surface area contributed by atoms with Gasteiger partial charge in [0, 0.05) is 23.6 Å². The first kappa shape index (κ1) is 22.1. The third-order valence-electron chi connectivity index (χ3n) is 5.30. The molecule has 0 bridgehead atoms. The number of ether oxygens (including phenoxy) is 2. The van der Waals surface area contributed by atoms with Crippen LogP contribution in [0.2, 0.25) is 0 Å². The summed E-state index contributed by atoms with van der Waals surface area (Å²) in [4.78, 5) is 27.9. The second-order valence-corrected chi connectivity index (χ2v) is 7.74. The van der Waals surface area contributed by atoms with Gasteiger partial charge in [0.25, 0.3) is 0 Å². The molecule has 0 spiro atoms. The first-order chi connectivity index (χ1) is 14.8. The summed E-state index contributed by atoms with van der Waals surface area (Å²) in [6.07, 6.45) is -0.164. The molecule has 6 heteroatoms. The van der Waals surface area contributed by atoms with Gasteiger partial charge in [-0.05, 0) is 44.5 Å². The van der Waals surface area contributed by atoms with Crippen LogP contribution in [0.3, 0.4) is 0 Å². The van der Waals surface area contributed by atoms with Crippen molar-refractivity contribution in [3.63, 3.8) is 0 Å². The molecule has 0 fully saturated rings. The van der Waals surface area contributed by atoms with E-state index >= 15 is 0 Å². The molecule has 3 rings (SSSR count). The van der Waals surface area contributed by atoms with Gasteiger partial charge in [-0.15, -0.1) is 0 Å². The van der Waals surface area contributed by atoms with E-state index < -0.39 is 11.9 Å². The Morgan fingerprint density at radius 3 is 2.65 bits per heavy atom. The van der Waals surface area contributed by atoms with Gasteiger partial charge in [-0.1, -0.05) is 30.3 Å². The lowest BCUT2D eigenvalue weighted by molar-refractivity contribution is -0.143. The van der Waals surface area contributed by atoms with E-state index in [1.165, 1.54) is 0 Å². The fourth-order valence-electron chi connectivity index (χ4n) is 3.89. The van der Waals surface area contributed by atoms with E-state index in [9.17, 15) is 9.59 Å². The Kier molecular flexibility index (Phi) is 6.76. The van der Waals surface area contributed by atoms with Gasteiger partial charge in [0.2, 0.25) is 5.91 Å². The molecule has 0 aromatic heterocycles. The molecule has 0 N–H and O–H groups in total. The van der Waals surface area contributed by atoms with E-state index in [1.807, 2.05) is 30.3 Å². The minimum atomic E-state index is -0.461. The number of nitrogens with zero attached hydrogens (tertiary/aromatic N) is 2. The highest BCUT2D eigenvalue weighted by Crippen LogP contribution is 2.41. The maximum Gasteiger partial charge on any atom is 0.336 e. The fourth-order valence-corrected chi connectivity index (χ4v) is 3.89. The van der Waals surface area contributed by atoms with Crippen molar-refractivity contribution in [1.29, 1.82) is 5.26 Å². The summed E-state index contributed by atoms with van der Waals surface area (Å²) in [6, 6.07) is 16.6. The lowest BCUT2D eigenvalue weighted by Gasteiger charge is -2.35. The zero-order valence-electron chi connectivity index (χ0n) is 18.2. The standard InChI is InChI=1S/C25H26N2O4/c1-16(2)31-25(29)24-17(3)27(15-19-9-7-8-18(12-19)14-26)23(28)13-21(24)20-10-5-6-11-22(20)30-4/h5-12,16,21H,13,15H2,1-4H3. The molecule has 1 atom stereocenters. The Balaban J connectivity index is 2.07. The molecule has 1 unspecified atom stereocenters. The van der Waals surface area contributed by atoms with Crippen LogP contribution in [0.5, 0.6) is 5.75 Å². The number of carbonyl (C=O) groups is 2. The zero-order chi connectivity index (χ0) is 22.5. The Morgan fingerprint density at radius 1 is 1.23 bits per heavy atom. The third kappa shape index (κ3) is 4.77. The number of esters is 1. The average Bonchev–Trinajstić information content (AvgIpc) is 2.75. The van der Waals surface area contributed by atoms with Gasteiger partial charge in [0.1, 0.15) is 5.75 Å². The van der Waals surface area contributed by atoms with Gasteiger partial charge in [0.15, 0.2) is 0 Å². The fraction of sp³-hybridized carbons (Fsp3) is 0.320. The van der Waals surface area contributed by atoms with Crippen LogP contribution in [-0.4, -0.2) is 30.0 Å². The van der Waals surface area contributed by atoms with Crippen molar-refractivity contribution in [1.82, 2.24) is 4.90 Å². The Hall–Kier alpha value is -3.59. The maximum absolute atomic E-state index is 13.2. The summed E-state index contributed by atoms with van der Waals surface area (Å²) in [7, 11) is 1.57. The monoisotopic (exact) mass is 418 g/mol. The zero-order valence-corrected chi connectivity index (χ0v) is 18.2. The van der Waals surface area contributed by atoms with E-state index in [1.54, 1.807) is 51.0 Å². The van der Waals surface area contributed by atoms with Crippen LogP contribution < -0.4 is 4.74 Å². The Morgan fingerprint density at radius 2 is 1.97 bits per heavy atom. The smallest absolute Gasteiger partial charge is 0.336 e. The molecule has 0 aliphatic carbocycles. The predicted octanol–water partition coefficient (Wildman–Crippen LogP) is 4.31. The molecule has 0 saturated heterocycles. The number of allylic oxidation sites excluding steroid dienone is 1. The van der Waals surface area contributed by atoms with Gasteiger partial charge >= 0.3 is 5.97 Å². The summed E-state index contributed by atoms with van der Waals surface area (Å²) in [6.45, 7) is 5.64. The van der Waals surface area contributed by atoms with Crippen molar-refractivity contribution in [3.05, 3.63) is 76.5 Å². The Bertz CT molecular complexity index is 1070. The predicted molar refractivity (Wildman–Crippen MR) is 116 cm³/mol. The molecule has 1 amide bonds. The molecule has 6 nitrogen and oxygen atoms in total. The first-order valence-corrected chi connectivity index (χ1v) is 10.2. The van der Waals surface area contributed by atoms with Gasteiger partial charge in [0.05, 0.1) is 37.0 Å². The van der Waals surface area contributed by atoms with Gasteiger partial charge in [-0.25, -0.2) is 4.79 Å². The van der Waals surface area contributed by atoms with Crippen LogP contribution in [0.1, 0.15) is 49.8 Å². The van der Waals surface area contributed by atoms with Crippen LogP contribution in [-0.2, 0) is 20.9 Å². The summed E-state index contributed by atoms with van der Waals surface area (Å²) >= 11 is 0. The summed E-state index contributed by atoms with van der Waals surface area (Å²) < 4.78 is 11.0. The topological polar surface area (TPSA) is 79.6 Å². The quantitative estimate of drug-likeness (QED) is 0.653. The number of hydrogen-bond donors (Lipinski definition) is 0. The summed E-state index contributed by atoms with van der Waals surface area (Å²) in [5.74, 6) is -0.377. The lowest BCUT2D eigenvalue weighted by atomic mass is 9.83. The largest absolute Gasteiger partial charge is 0.496 e. The minimum absolute atomic E-state index is 0.100. The van der Waals surface area contributed by atoms with Crippen molar-refractivity contribution in [2.24, 2.45) is 0 Å². The number of amides is 1. The summed E-state index contributed by atoms with van der Waals surface area (Å²) in [5.41, 5.74) is 3.13. The summed E-state index contributed by atoms with van der Waals surface area (Å²) in [5, 5.41) is 9.17. The second-order valence-electron chi connectivity index (χ2n) is 7.74.